The van der Waals surface area contributed by atoms with Crippen LogP contribution >= 0.6 is 27.3 Å². The Labute approximate surface area is 114 Å². The number of aliphatic hydroxyl groups excluding tert-OH is 1. The lowest BCUT2D eigenvalue weighted by atomic mass is 10.2. The second-order valence-electron chi connectivity index (χ2n) is 3.72. The van der Waals surface area contributed by atoms with E-state index in [0.29, 0.717) is 17.7 Å². The highest BCUT2D eigenvalue weighted by Crippen LogP contribution is 2.29. The lowest BCUT2D eigenvalue weighted by Gasteiger charge is -2.09. The van der Waals surface area contributed by atoms with Crippen molar-refractivity contribution in [2.75, 3.05) is 6.54 Å². The zero-order chi connectivity index (χ0) is 13.1. The summed E-state index contributed by atoms with van der Waals surface area (Å²) in [6, 6.07) is 1.60. The van der Waals surface area contributed by atoms with Gasteiger partial charge in [-0.2, -0.15) is 0 Å². The molecule has 0 saturated carbocycles. The molecule has 0 aromatic carbocycles. The molecule has 0 amide bonds. The maximum Gasteiger partial charge on any atom is 0.241 e. The molecule has 1 aromatic rings. The molecule has 0 radical (unpaired) electrons. The smallest absolute Gasteiger partial charge is 0.241 e. The van der Waals surface area contributed by atoms with Crippen molar-refractivity contribution in [3.05, 3.63) is 14.7 Å². The molecule has 2 N–H and O–H groups in total. The van der Waals surface area contributed by atoms with E-state index in [0.717, 1.165) is 8.66 Å². The van der Waals surface area contributed by atoms with Gasteiger partial charge in [-0.3, -0.25) is 0 Å². The minimum atomic E-state index is -3.45. The van der Waals surface area contributed by atoms with E-state index in [-0.39, 0.29) is 6.54 Å². The Balaban J connectivity index is 2.66. The molecule has 1 unspecified atom stereocenters. The molecule has 0 fully saturated rings. The number of aryl methyl sites for hydroxylation is 1. The first-order valence-corrected chi connectivity index (χ1v) is 8.39. The molecule has 7 heteroatoms. The van der Waals surface area contributed by atoms with Crippen molar-refractivity contribution in [3.8, 4) is 0 Å². The average Bonchev–Trinajstić information content (AvgIpc) is 2.58. The van der Waals surface area contributed by atoms with E-state index in [1.54, 1.807) is 13.0 Å². The van der Waals surface area contributed by atoms with Gasteiger partial charge >= 0.3 is 0 Å². The highest BCUT2D eigenvalue weighted by Gasteiger charge is 2.19. The first kappa shape index (κ1) is 15.1. The third-order valence-corrected chi connectivity index (χ3v) is 5.64. The van der Waals surface area contributed by atoms with Crippen LogP contribution in [0.2, 0.25) is 0 Å². The van der Waals surface area contributed by atoms with E-state index < -0.39 is 16.1 Å². The van der Waals surface area contributed by atoms with E-state index in [1.807, 2.05) is 6.92 Å². The van der Waals surface area contributed by atoms with Gasteiger partial charge in [-0.15, -0.1) is 11.3 Å². The van der Waals surface area contributed by atoms with Crippen molar-refractivity contribution in [1.29, 1.82) is 0 Å². The number of sulfonamides is 1. The van der Waals surface area contributed by atoms with Crippen LogP contribution in [0.15, 0.2) is 14.7 Å². The lowest BCUT2D eigenvalue weighted by molar-refractivity contribution is 0.162. The molecule has 1 aromatic heterocycles. The fourth-order valence-corrected chi connectivity index (χ4v) is 4.80. The Morgan fingerprint density at radius 2 is 2.24 bits per heavy atom. The zero-order valence-electron chi connectivity index (χ0n) is 9.73. The third-order valence-electron chi connectivity index (χ3n) is 2.37. The second-order valence-corrected chi connectivity index (χ2v) is 8.09. The van der Waals surface area contributed by atoms with Crippen molar-refractivity contribution in [2.24, 2.45) is 0 Å². The van der Waals surface area contributed by atoms with Gasteiger partial charge in [0.25, 0.3) is 0 Å². The third kappa shape index (κ3) is 4.33. The van der Waals surface area contributed by atoms with Crippen LogP contribution in [0.4, 0.5) is 0 Å². The molecular formula is C10H16BrNO3S2. The highest BCUT2D eigenvalue weighted by atomic mass is 79.9. The van der Waals surface area contributed by atoms with Crippen LogP contribution in [0, 0.1) is 6.92 Å². The first-order valence-electron chi connectivity index (χ1n) is 5.30. The van der Waals surface area contributed by atoms with Crippen LogP contribution in [-0.2, 0) is 10.0 Å². The largest absolute Gasteiger partial charge is 0.393 e. The molecule has 1 heterocycles. The minimum absolute atomic E-state index is 0.254. The van der Waals surface area contributed by atoms with Crippen LogP contribution in [0.1, 0.15) is 24.6 Å². The summed E-state index contributed by atoms with van der Waals surface area (Å²) < 4.78 is 27.1. The highest BCUT2D eigenvalue weighted by molar-refractivity contribution is 9.11. The number of halogens is 1. The zero-order valence-corrected chi connectivity index (χ0v) is 13.0. The van der Waals surface area contributed by atoms with E-state index in [9.17, 15) is 13.5 Å². The second kappa shape index (κ2) is 6.29. The summed E-state index contributed by atoms with van der Waals surface area (Å²) in [5, 5.41) is 9.34. The molecule has 0 aliphatic heterocycles. The van der Waals surface area contributed by atoms with Crippen LogP contribution in [0.5, 0.6) is 0 Å². The molecule has 0 spiro atoms. The van der Waals surface area contributed by atoms with Gasteiger partial charge in [0.15, 0.2) is 0 Å². The molecular weight excluding hydrogens is 326 g/mol. The summed E-state index contributed by atoms with van der Waals surface area (Å²) in [5.41, 5.74) is 0. The van der Waals surface area contributed by atoms with Crippen LogP contribution in [0.3, 0.4) is 0 Å². The van der Waals surface area contributed by atoms with Gasteiger partial charge in [0.05, 0.1) is 14.8 Å². The quantitative estimate of drug-likeness (QED) is 0.833. The predicted octanol–water partition coefficient (Wildman–Crippen LogP) is 2.26. The van der Waals surface area contributed by atoms with Gasteiger partial charge < -0.3 is 5.11 Å². The molecule has 4 nitrogen and oxygen atoms in total. The standard InChI is InChI=1S/C10H16BrNO3S2/c1-3-8(13)4-5-12-17(14,15)9-6-10(11)16-7(9)2/h6,8,12-13H,3-5H2,1-2H3. The van der Waals surface area contributed by atoms with Gasteiger partial charge in [-0.1, -0.05) is 6.92 Å². The number of hydrogen-bond donors (Lipinski definition) is 2. The van der Waals surface area contributed by atoms with Crippen molar-refractivity contribution in [1.82, 2.24) is 4.72 Å². The summed E-state index contributed by atoms with van der Waals surface area (Å²) in [6.45, 7) is 3.88. The van der Waals surface area contributed by atoms with Crippen LogP contribution < -0.4 is 4.72 Å². The topological polar surface area (TPSA) is 66.4 Å². The molecule has 0 bridgehead atoms. The SMILES string of the molecule is CCC(O)CCNS(=O)(=O)c1cc(Br)sc1C. The van der Waals surface area contributed by atoms with E-state index >= 15 is 0 Å². The molecule has 0 aliphatic carbocycles. The molecule has 1 atom stereocenters. The number of hydrogen-bond acceptors (Lipinski definition) is 4. The molecule has 0 aliphatic rings. The summed E-state index contributed by atoms with van der Waals surface area (Å²) >= 11 is 4.65. The Morgan fingerprint density at radius 1 is 1.59 bits per heavy atom. The number of aliphatic hydroxyl groups is 1. The Bertz CT molecular complexity index is 470. The fraction of sp³-hybridized carbons (Fsp3) is 0.600. The lowest BCUT2D eigenvalue weighted by Crippen LogP contribution is -2.27. The van der Waals surface area contributed by atoms with E-state index in [4.69, 9.17) is 0 Å². The van der Waals surface area contributed by atoms with Gasteiger partial charge in [-0.25, -0.2) is 13.1 Å². The fourth-order valence-electron chi connectivity index (χ4n) is 1.34. The summed E-state index contributed by atoms with van der Waals surface area (Å²) in [5.74, 6) is 0. The van der Waals surface area contributed by atoms with Gasteiger partial charge in [0, 0.05) is 11.4 Å². The van der Waals surface area contributed by atoms with Gasteiger partial charge in [-0.05, 0) is 41.8 Å². The molecule has 1 rings (SSSR count). The normalized spacial score (nSPS) is 13.9. The Kier molecular flexibility index (Phi) is 5.59. The minimum Gasteiger partial charge on any atom is -0.393 e. The molecule has 98 valence electrons. The van der Waals surface area contributed by atoms with Crippen molar-refractivity contribution in [2.45, 2.75) is 37.7 Å². The number of nitrogens with one attached hydrogen (secondary N) is 1. The molecule has 17 heavy (non-hydrogen) atoms. The van der Waals surface area contributed by atoms with Gasteiger partial charge in [0.2, 0.25) is 10.0 Å². The van der Waals surface area contributed by atoms with Crippen LogP contribution in [-0.4, -0.2) is 26.2 Å². The maximum absolute atomic E-state index is 11.9. The predicted molar refractivity (Wildman–Crippen MR) is 72.9 cm³/mol. The van der Waals surface area contributed by atoms with E-state index in [1.165, 1.54) is 11.3 Å². The summed E-state index contributed by atoms with van der Waals surface area (Å²) in [7, 11) is -3.45. The van der Waals surface area contributed by atoms with Crippen molar-refractivity contribution < 1.29 is 13.5 Å². The number of rotatable bonds is 6. The van der Waals surface area contributed by atoms with Crippen molar-refractivity contribution in [3.63, 3.8) is 0 Å². The van der Waals surface area contributed by atoms with E-state index in [2.05, 4.69) is 20.7 Å². The summed E-state index contributed by atoms with van der Waals surface area (Å²) in [4.78, 5) is 1.06. The number of thiophene rings is 1. The Hall–Kier alpha value is 0.0500. The maximum atomic E-state index is 11.9. The Morgan fingerprint density at radius 3 is 2.71 bits per heavy atom. The summed E-state index contributed by atoms with van der Waals surface area (Å²) in [6.07, 6.45) is 0.609. The molecule has 0 saturated heterocycles. The van der Waals surface area contributed by atoms with Gasteiger partial charge in [0.1, 0.15) is 0 Å². The average molecular weight is 342 g/mol. The van der Waals surface area contributed by atoms with Crippen LogP contribution in [0.25, 0.3) is 0 Å². The first-order chi connectivity index (χ1) is 7.86. The monoisotopic (exact) mass is 341 g/mol. The van der Waals surface area contributed by atoms with Crippen molar-refractivity contribution >= 4 is 37.3 Å².